The SMILES string of the molecule is Cc1c(F)cc(Br)c(O)c1C(N)CC(=O)O. The summed E-state index contributed by atoms with van der Waals surface area (Å²) >= 11 is 2.97. The van der Waals surface area contributed by atoms with Gasteiger partial charge in [0.25, 0.3) is 0 Å². The second-order valence-electron chi connectivity index (χ2n) is 3.43. The second-order valence-corrected chi connectivity index (χ2v) is 4.29. The van der Waals surface area contributed by atoms with Gasteiger partial charge in [0.05, 0.1) is 10.9 Å². The molecule has 0 aliphatic heterocycles. The van der Waals surface area contributed by atoms with Gasteiger partial charge in [-0.05, 0) is 34.5 Å². The number of carboxylic acid groups (broad SMARTS) is 1. The first-order valence-corrected chi connectivity index (χ1v) is 5.28. The first-order chi connectivity index (χ1) is 7.34. The summed E-state index contributed by atoms with van der Waals surface area (Å²) < 4.78 is 13.5. The summed E-state index contributed by atoms with van der Waals surface area (Å²) in [5.41, 5.74) is 5.89. The lowest BCUT2D eigenvalue weighted by Gasteiger charge is -2.16. The monoisotopic (exact) mass is 291 g/mol. The minimum absolute atomic E-state index is 0.120. The molecule has 0 heterocycles. The van der Waals surface area contributed by atoms with E-state index < -0.39 is 17.8 Å². The molecule has 0 saturated heterocycles. The molecule has 6 heteroatoms. The number of aromatic hydroxyl groups is 1. The van der Waals surface area contributed by atoms with Gasteiger partial charge in [-0.15, -0.1) is 0 Å². The topological polar surface area (TPSA) is 83.5 Å². The van der Waals surface area contributed by atoms with E-state index in [-0.39, 0.29) is 27.8 Å². The van der Waals surface area contributed by atoms with E-state index in [1.807, 2.05) is 0 Å². The average Bonchev–Trinajstić information content (AvgIpc) is 2.14. The Labute approximate surface area is 100 Å². The maximum atomic E-state index is 13.4. The quantitative estimate of drug-likeness (QED) is 0.796. The molecule has 0 aromatic heterocycles. The van der Waals surface area contributed by atoms with Crippen molar-refractivity contribution in [2.45, 2.75) is 19.4 Å². The Hall–Kier alpha value is -1.14. The third-order valence-corrected chi connectivity index (χ3v) is 2.87. The average molecular weight is 292 g/mol. The normalized spacial score (nSPS) is 12.5. The largest absolute Gasteiger partial charge is 0.506 e. The van der Waals surface area contributed by atoms with E-state index in [1.165, 1.54) is 6.92 Å². The molecule has 0 amide bonds. The molecule has 88 valence electrons. The Morgan fingerprint density at radius 3 is 2.75 bits per heavy atom. The van der Waals surface area contributed by atoms with Crippen molar-refractivity contribution < 1.29 is 19.4 Å². The molecule has 0 saturated carbocycles. The van der Waals surface area contributed by atoms with Crippen molar-refractivity contribution in [2.24, 2.45) is 5.73 Å². The van der Waals surface area contributed by atoms with Crippen LogP contribution in [0.15, 0.2) is 10.5 Å². The fourth-order valence-corrected chi connectivity index (χ4v) is 1.88. The zero-order valence-corrected chi connectivity index (χ0v) is 10.1. The Balaban J connectivity index is 3.26. The summed E-state index contributed by atoms with van der Waals surface area (Å²) in [4.78, 5) is 10.5. The lowest BCUT2D eigenvalue weighted by molar-refractivity contribution is -0.137. The van der Waals surface area contributed by atoms with Crippen molar-refractivity contribution in [1.29, 1.82) is 0 Å². The highest BCUT2D eigenvalue weighted by Gasteiger charge is 2.21. The molecule has 0 aliphatic rings. The van der Waals surface area contributed by atoms with Gasteiger partial charge >= 0.3 is 5.97 Å². The lowest BCUT2D eigenvalue weighted by Crippen LogP contribution is -2.17. The van der Waals surface area contributed by atoms with Crippen LogP contribution in [0.5, 0.6) is 5.75 Å². The molecule has 0 radical (unpaired) electrons. The molecule has 1 aromatic rings. The summed E-state index contributed by atoms with van der Waals surface area (Å²) in [5.74, 6) is -1.86. The lowest BCUT2D eigenvalue weighted by atomic mass is 9.98. The number of halogens is 2. The van der Waals surface area contributed by atoms with Gasteiger partial charge in [-0.2, -0.15) is 0 Å². The van der Waals surface area contributed by atoms with Gasteiger partial charge in [-0.25, -0.2) is 4.39 Å². The Kier molecular flexibility index (Phi) is 3.88. The van der Waals surface area contributed by atoms with Gasteiger partial charge < -0.3 is 15.9 Å². The van der Waals surface area contributed by atoms with E-state index in [0.29, 0.717) is 0 Å². The van der Waals surface area contributed by atoms with Gasteiger partial charge in [0, 0.05) is 11.6 Å². The molecule has 4 nitrogen and oxygen atoms in total. The van der Waals surface area contributed by atoms with Crippen LogP contribution in [0.3, 0.4) is 0 Å². The van der Waals surface area contributed by atoms with E-state index in [9.17, 15) is 14.3 Å². The van der Waals surface area contributed by atoms with Gasteiger partial charge in [0.1, 0.15) is 11.6 Å². The van der Waals surface area contributed by atoms with Crippen LogP contribution < -0.4 is 5.73 Å². The van der Waals surface area contributed by atoms with E-state index in [0.717, 1.165) is 6.07 Å². The first-order valence-electron chi connectivity index (χ1n) is 4.49. The van der Waals surface area contributed by atoms with Crippen LogP contribution >= 0.6 is 15.9 Å². The van der Waals surface area contributed by atoms with Crippen LogP contribution in [0.1, 0.15) is 23.6 Å². The standard InChI is InChI=1S/C10H11BrFNO3/c1-4-6(12)2-5(11)10(16)9(4)7(13)3-8(14)15/h2,7,16H,3,13H2,1H3,(H,14,15). The van der Waals surface area contributed by atoms with Crippen LogP contribution in [0.4, 0.5) is 4.39 Å². The number of carboxylic acids is 1. The molecular weight excluding hydrogens is 281 g/mol. The maximum absolute atomic E-state index is 13.4. The third-order valence-electron chi connectivity index (χ3n) is 2.26. The summed E-state index contributed by atoms with van der Waals surface area (Å²) in [6, 6.07) is 0.172. The highest BCUT2D eigenvalue weighted by molar-refractivity contribution is 9.10. The predicted molar refractivity (Wildman–Crippen MR) is 59.7 cm³/mol. The second kappa shape index (κ2) is 4.80. The van der Waals surface area contributed by atoms with Crippen molar-refractivity contribution >= 4 is 21.9 Å². The summed E-state index contributed by atoms with van der Waals surface area (Å²) in [7, 11) is 0. The molecule has 1 aromatic carbocycles. The molecule has 1 atom stereocenters. The number of phenols is 1. The van der Waals surface area contributed by atoms with Gasteiger partial charge in [-0.3, -0.25) is 4.79 Å². The molecular formula is C10H11BrFNO3. The molecule has 0 spiro atoms. The highest BCUT2D eigenvalue weighted by Crippen LogP contribution is 2.36. The Morgan fingerprint density at radius 1 is 1.69 bits per heavy atom. The molecule has 1 rings (SSSR count). The van der Waals surface area contributed by atoms with Crippen molar-refractivity contribution in [1.82, 2.24) is 0 Å². The van der Waals surface area contributed by atoms with Crippen LogP contribution in [0, 0.1) is 12.7 Å². The molecule has 0 aliphatic carbocycles. The highest BCUT2D eigenvalue weighted by atomic mass is 79.9. The first kappa shape index (κ1) is 12.9. The minimum Gasteiger partial charge on any atom is -0.506 e. The number of hydrogen-bond donors (Lipinski definition) is 3. The fourth-order valence-electron chi connectivity index (χ4n) is 1.47. The van der Waals surface area contributed by atoms with Crippen LogP contribution in [-0.2, 0) is 4.79 Å². The summed E-state index contributed by atoms with van der Waals surface area (Å²) in [6.07, 6.45) is -0.371. The van der Waals surface area contributed by atoms with Crippen molar-refractivity contribution in [3.8, 4) is 5.75 Å². The number of rotatable bonds is 3. The molecule has 0 fully saturated rings. The number of carbonyl (C=O) groups is 1. The third kappa shape index (κ3) is 2.51. The minimum atomic E-state index is -1.10. The fraction of sp³-hybridized carbons (Fsp3) is 0.300. The zero-order chi connectivity index (χ0) is 12.5. The van der Waals surface area contributed by atoms with E-state index in [4.69, 9.17) is 10.8 Å². The van der Waals surface area contributed by atoms with Crippen LogP contribution in [-0.4, -0.2) is 16.2 Å². The Morgan fingerprint density at radius 2 is 2.25 bits per heavy atom. The maximum Gasteiger partial charge on any atom is 0.305 e. The van der Waals surface area contributed by atoms with Crippen LogP contribution in [0.25, 0.3) is 0 Å². The number of hydrogen-bond acceptors (Lipinski definition) is 3. The Bertz CT molecular complexity index is 410. The molecule has 16 heavy (non-hydrogen) atoms. The van der Waals surface area contributed by atoms with Crippen molar-refractivity contribution in [2.75, 3.05) is 0 Å². The molecule has 1 unspecified atom stereocenters. The zero-order valence-electron chi connectivity index (χ0n) is 8.50. The van der Waals surface area contributed by atoms with E-state index >= 15 is 0 Å². The number of benzene rings is 1. The molecule has 4 N–H and O–H groups in total. The van der Waals surface area contributed by atoms with Gasteiger partial charge in [-0.1, -0.05) is 0 Å². The van der Waals surface area contributed by atoms with Crippen LogP contribution in [0.2, 0.25) is 0 Å². The van der Waals surface area contributed by atoms with Crippen molar-refractivity contribution in [3.05, 3.63) is 27.5 Å². The van der Waals surface area contributed by atoms with E-state index in [2.05, 4.69) is 15.9 Å². The van der Waals surface area contributed by atoms with Gasteiger partial charge in [0.2, 0.25) is 0 Å². The van der Waals surface area contributed by atoms with Gasteiger partial charge in [0.15, 0.2) is 0 Å². The summed E-state index contributed by atoms with van der Waals surface area (Å²) in [6.45, 7) is 1.44. The smallest absolute Gasteiger partial charge is 0.305 e. The number of phenolic OH excluding ortho intramolecular Hbond substituents is 1. The predicted octanol–water partition coefficient (Wildman–Crippen LogP) is 2.08. The number of nitrogens with two attached hydrogens (primary N) is 1. The van der Waals surface area contributed by atoms with Crippen molar-refractivity contribution in [3.63, 3.8) is 0 Å². The van der Waals surface area contributed by atoms with E-state index in [1.54, 1.807) is 0 Å². The number of aliphatic carboxylic acids is 1. The molecule has 0 bridgehead atoms. The summed E-state index contributed by atoms with van der Waals surface area (Å²) in [5, 5.41) is 18.3.